The molecular weight excluding hydrogens is 361 g/mol. The minimum Gasteiger partial charge on any atom is -0.339 e. The molecule has 6 heteroatoms. The maximum atomic E-state index is 6.20. The fourth-order valence-corrected chi connectivity index (χ4v) is 2.59. The van der Waals surface area contributed by atoms with E-state index in [1.54, 1.807) is 0 Å². The highest BCUT2D eigenvalue weighted by molar-refractivity contribution is 9.10. The SMILES string of the molecule is Cc1c(Cl)nc(C2CC2)nc1Nc1cccc(Cl)c1Br. The van der Waals surface area contributed by atoms with Crippen LogP contribution in [0.15, 0.2) is 22.7 Å². The summed E-state index contributed by atoms with van der Waals surface area (Å²) in [6.07, 6.45) is 2.28. The molecule has 1 aromatic carbocycles. The highest BCUT2D eigenvalue weighted by Crippen LogP contribution is 2.40. The minimum absolute atomic E-state index is 0.455. The van der Waals surface area contributed by atoms with E-state index in [1.165, 1.54) is 0 Å². The van der Waals surface area contributed by atoms with Crippen molar-refractivity contribution in [2.24, 2.45) is 0 Å². The number of nitrogens with one attached hydrogen (secondary N) is 1. The van der Waals surface area contributed by atoms with Gasteiger partial charge in [0.1, 0.15) is 16.8 Å². The zero-order valence-electron chi connectivity index (χ0n) is 10.8. The molecular formula is C14H12BrCl2N3. The van der Waals surface area contributed by atoms with Crippen molar-refractivity contribution in [3.63, 3.8) is 0 Å². The lowest BCUT2D eigenvalue weighted by atomic mass is 10.2. The molecule has 1 heterocycles. The monoisotopic (exact) mass is 371 g/mol. The smallest absolute Gasteiger partial charge is 0.138 e. The van der Waals surface area contributed by atoms with Crippen LogP contribution >= 0.6 is 39.1 Å². The third-order valence-electron chi connectivity index (χ3n) is 3.25. The Morgan fingerprint density at radius 3 is 2.70 bits per heavy atom. The van der Waals surface area contributed by atoms with Crippen molar-refractivity contribution in [3.05, 3.63) is 44.2 Å². The fourth-order valence-electron chi connectivity index (χ4n) is 1.88. The second kappa shape index (κ2) is 5.51. The Labute approximate surface area is 135 Å². The van der Waals surface area contributed by atoms with E-state index in [4.69, 9.17) is 23.2 Å². The quantitative estimate of drug-likeness (QED) is 0.725. The van der Waals surface area contributed by atoms with Crippen molar-refractivity contribution in [2.75, 3.05) is 5.32 Å². The van der Waals surface area contributed by atoms with E-state index in [0.29, 0.717) is 16.1 Å². The number of hydrogen-bond acceptors (Lipinski definition) is 3. The van der Waals surface area contributed by atoms with Gasteiger partial charge in [0, 0.05) is 11.5 Å². The fraction of sp³-hybridized carbons (Fsp3) is 0.286. The van der Waals surface area contributed by atoms with Crippen LogP contribution in [0.3, 0.4) is 0 Å². The molecule has 0 atom stereocenters. The summed E-state index contributed by atoms with van der Waals surface area (Å²) in [6.45, 7) is 1.90. The molecule has 3 rings (SSSR count). The van der Waals surface area contributed by atoms with Crippen LogP contribution in [0.5, 0.6) is 0 Å². The Kier molecular flexibility index (Phi) is 3.89. The Morgan fingerprint density at radius 2 is 2.00 bits per heavy atom. The van der Waals surface area contributed by atoms with E-state index < -0.39 is 0 Å². The van der Waals surface area contributed by atoms with Crippen LogP contribution < -0.4 is 5.32 Å². The number of halogens is 3. The van der Waals surface area contributed by atoms with Crippen molar-refractivity contribution in [3.8, 4) is 0 Å². The van der Waals surface area contributed by atoms with E-state index in [2.05, 4.69) is 31.2 Å². The van der Waals surface area contributed by atoms with E-state index in [-0.39, 0.29) is 0 Å². The van der Waals surface area contributed by atoms with Gasteiger partial charge in [-0.3, -0.25) is 0 Å². The van der Waals surface area contributed by atoms with Gasteiger partial charge in [0.25, 0.3) is 0 Å². The molecule has 2 aromatic rings. The average Bonchev–Trinajstić information content (AvgIpc) is 3.24. The van der Waals surface area contributed by atoms with Crippen LogP contribution in [0.4, 0.5) is 11.5 Å². The van der Waals surface area contributed by atoms with Crippen molar-refractivity contribution in [1.82, 2.24) is 9.97 Å². The molecule has 1 aliphatic carbocycles. The summed E-state index contributed by atoms with van der Waals surface area (Å²) in [5.74, 6) is 2.01. The topological polar surface area (TPSA) is 37.8 Å². The Balaban J connectivity index is 1.99. The summed E-state index contributed by atoms with van der Waals surface area (Å²) in [5.41, 5.74) is 1.69. The van der Waals surface area contributed by atoms with Gasteiger partial charge in [-0.25, -0.2) is 9.97 Å². The summed E-state index contributed by atoms with van der Waals surface area (Å²) in [4.78, 5) is 8.94. The maximum Gasteiger partial charge on any atom is 0.138 e. The van der Waals surface area contributed by atoms with Crippen LogP contribution in [-0.4, -0.2) is 9.97 Å². The number of aromatic nitrogens is 2. The molecule has 1 fully saturated rings. The zero-order chi connectivity index (χ0) is 14.3. The Hall–Kier alpha value is -0.840. The molecule has 3 nitrogen and oxygen atoms in total. The molecule has 0 spiro atoms. The lowest BCUT2D eigenvalue weighted by Gasteiger charge is -2.13. The average molecular weight is 373 g/mol. The van der Waals surface area contributed by atoms with Gasteiger partial charge in [-0.15, -0.1) is 0 Å². The van der Waals surface area contributed by atoms with Gasteiger partial charge < -0.3 is 5.32 Å². The first kappa shape index (κ1) is 14.1. The second-order valence-corrected chi connectivity index (χ2v) is 6.41. The van der Waals surface area contributed by atoms with Gasteiger partial charge in [-0.2, -0.15) is 0 Å². The minimum atomic E-state index is 0.455. The highest BCUT2D eigenvalue weighted by Gasteiger charge is 2.28. The van der Waals surface area contributed by atoms with Crippen LogP contribution in [0, 0.1) is 6.92 Å². The second-order valence-electron chi connectivity index (χ2n) is 4.85. The molecule has 20 heavy (non-hydrogen) atoms. The normalized spacial score (nSPS) is 14.4. The third kappa shape index (κ3) is 2.78. The molecule has 0 unspecified atom stereocenters. The summed E-state index contributed by atoms with van der Waals surface area (Å²) in [5, 5.41) is 4.43. The molecule has 104 valence electrons. The third-order valence-corrected chi connectivity index (χ3v) is 5.02. The Bertz CT molecular complexity index is 672. The number of rotatable bonds is 3. The molecule has 0 bridgehead atoms. The predicted molar refractivity (Wildman–Crippen MR) is 86.2 cm³/mol. The van der Waals surface area contributed by atoms with Crippen molar-refractivity contribution >= 4 is 50.6 Å². The lowest BCUT2D eigenvalue weighted by Crippen LogP contribution is -2.03. The van der Waals surface area contributed by atoms with Crippen LogP contribution in [0.2, 0.25) is 10.2 Å². The van der Waals surface area contributed by atoms with E-state index in [9.17, 15) is 0 Å². The molecule has 0 radical (unpaired) electrons. The summed E-state index contributed by atoms with van der Waals surface area (Å²) < 4.78 is 0.809. The van der Waals surface area contributed by atoms with Crippen molar-refractivity contribution < 1.29 is 0 Å². The first-order chi connectivity index (χ1) is 9.56. The number of hydrogen-bond donors (Lipinski definition) is 1. The van der Waals surface area contributed by atoms with E-state index >= 15 is 0 Å². The van der Waals surface area contributed by atoms with Crippen molar-refractivity contribution in [1.29, 1.82) is 0 Å². The number of benzene rings is 1. The van der Waals surface area contributed by atoms with Gasteiger partial charge in [0.2, 0.25) is 0 Å². The molecule has 1 aromatic heterocycles. The maximum absolute atomic E-state index is 6.20. The first-order valence-corrected chi connectivity index (χ1v) is 7.86. The van der Waals surface area contributed by atoms with Gasteiger partial charge >= 0.3 is 0 Å². The van der Waals surface area contributed by atoms with Gasteiger partial charge in [-0.1, -0.05) is 29.3 Å². The Morgan fingerprint density at radius 1 is 1.25 bits per heavy atom. The number of nitrogens with zero attached hydrogens (tertiary/aromatic N) is 2. The largest absolute Gasteiger partial charge is 0.339 e. The predicted octanol–water partition coefficient (Wildman–Crippen LogP) is 5.48. The highest BCUT2D eigenvalue weighted by atomic mass is 79.9. The van der Waals surface area contributed by atoms with Crippen LogP contribution in [0.1, 0.15) is 30.1 Å². The summed E-state index contributed by atoms with van der Waals surface area (Å²) in [7, 11) is 0. The molecule has 0 aliphatic heterocycles. The lowest BCUT2D eigenvalue weighted by molar-refractivity contribution is 0.922. The molecule has 0 amide bonds. The van der Waals surface area contributed by atoms with Gasteiger partial charge in [0.05, 0.1) is 15.2 Å². The van der Waals surface area contributed by atoms with Gasteiger partial charge in [0.15, 0.2) is 0 Å². The van der Waals surface area contributed by atoms with Crippen LogP contribution in [0.25, 0.3) is 0 Å². The standard InChI is InChI=1S/C14H12BrCl2N3/c1-7-12(17)19-14(8-5-6-8)20-13(7)18-10-4-2-3-9(16)11(10)15/h2-4,8H,5-6H2,1H3,(H,18,19,20). The molecule has 1 N–H and O–H groups in total. The first-order valence-electron chi connectivity index (χ1n) is 6.31. The van der Waals surface area contributed by atoms with E-state index in [1.807, 2.05) is 25.1 Å². The number of anilines is 2. The van der Waals surface area contributed by atoms with Gasteiger partial charge in [-0.05, 0) is 47.8 Å². The zero-order valence-corrected chi connectivity index (χ0v) is 13.8. The van der Waals surface area contributed by atoms with E-state index in [0.717, 1.165) is 40.2 Å². The summed E-state index contributed by atoms with van der Waals surface area (Å²) >= 11 is 15.8. The molecule has 0 saturated heterocycles. The molecule has 1 aliphatic rings. The van der Waals surface area contributed by atoms with Crippen LogP contribution in [-0.2, 0) is 0 Å². The molecule has 1 saturated carbocycles. The van der Waals surface area contributed by atoms with Crippen molar-refractivity contribution in [2.45, 2.75) is 25.7 Å². The summed E-state index contributed by atoms with van der Waals surface area (Å²) in [6, 6.07) is 5.64.